The van der Waals surface area contributed by atoms with E-state index in [9.17, 15) is 0 Å². The van der Waals surface area contributed by atoms with Crippen LogP contribution in [0.4, 0.5) is 5.69 Å². The van der Waals surface area contributed by atoms with E-state index in [4.69, 9.17) is 0 Å². The lowest BCUT2D eigenvalue weighted by Gasteiger charge is -2.29. The zero-order valence-corrected chi connectivity index (χ0v) is 9.50. The summed E-state index contributed by atoms with van der Waals surface area (Å²) in [5.41, 5.74) is 1.34. The molecule has 1 N–H and O–H groups in total. The van der Waals surface area contributed by atoms with Crippen molar-refractivity contribution >= 4 is 21.6 Å². The second kappa shape index (κ2) is 3.24. The van der Waals surface area contributed by atoms with Gasteiger partial charge in [0.2, 0.25) is 0 Å². The van der Waals surface area contributed by atoms with Crippen LogP contribution in [0.5, 0.6) is 0 Å². The highest BCUT2D eigenvalue weighted by Crippen LogP contribution is 2.29. The molecular weight excluding hydrogens is 240 g/mol. The second-order valence-corrected chi connectivity index (χ2v) is 5.08. The van der Waals surface area contributed by atoms with Crippen molar-refractivity contribution in [3.05, 3.63) is 28.7 Å². The first-order valence-electron chi connectivity index (χ1n) is 5.07. The fraction of sp³-hybridized carbons (Fsp3) is 0.455. The minimum Gasteiger partial charge on any atom is -0.370 e. The molecule has 2 atom stereocenters. The molecule has 3 rings (SSSR count). The lowest BCUT2D eigenvalue weighted by atomic mass is 9.96. The lowest BCUT2D eigenvalue weighted by molar-refractivity contribution is 0.297. The van der Waals surface area contributed by atoms with Crippen molar-refractivity contribution in [1.82, 2.24) is 5.32 Å². The smallest absolute Gasteiger partial charge is 0.0378 e. The van der Waals surface area contributed by atoms with Crippen molar-refractivity contribution in [3.63, 3.8) is 0 Å². The Balaban J connectivity index is 1.82. The van der Waals surface area contributed by atoms with Crippen LogP contribution in [0, 0.1) is 5.92 Å². The maximum absolute atomic E-state index is 3.51. The number of hydrogen-bond donors (Lipinski definition) is 1. The van der Waals surface area contributed by atoms with Crippen LogP contribution in [0.25, 0.3) is 0 Å². The summed E-state index contributed by atoms with van der Waals surface area (Å²) in [7, 11) is 0. The minimum atomic E-state index is 0.744. The SMILES string of the molecule is Brc1cccc(N2CC3CNC3C2)c1. The van der Waals surface area contributed by atoms with Gasteiger partial charge >= 0.3 is 0 Å². The monoisotopic (exact) mass is 252 g/mol. The molecule has 0 spiro atoms. The van der Waals surface area contributed by atoms with Crippen LogP contribution in [0.2, 0.25) is 0 Å². The molecule has 0 aliphatic carbocycles. The number of hydrogen-bond acceptors (Lipinski definition) is 2. The van der Waals surface area contributed by atoms with Crippen molar-refractivity contribution in [2.24, 2.45) is 5.92 Å². The van der Waals surface area contributed by atoms with E-state index in [0.717, 1.165) is 12.0 Å². The fourth-order valence-electron chi connectivity index (χ4n) is 2.34. The summed E-state index contributed by atoms with van der Waals surface area (Å²) in [4.78, 5) is 2.47. The molecule has 2 heterocycles. The Kier molecular flexibility index (Phi) is 2.03. The molecule has 0 radical (unpaired) electrons. The average Bonchev–Trinajstić information content (AvgIpc) is 2.43. The van der Waals surface area contributed by atoms with E-state index in [1.165, 1.54) is 29.8 Å². The van der Waals surface area contributed by atoms with Crippen molar-refractivity contribution in [2.45, 2.75) is 6.04 Å². The van der Waals surface area contributed by atoms with Crippen LogP contribution in [0.15, 0.2) is 28.7 Å². The van der Waals surface area contributed by atoms with Crippen LogP contribution in [-0.2, 0) is 0 Å². The molecule has 2 saturated heterocycles. The van der Waals surface area contributed by atoms with Crippen LogP contribution in [0.3, 0.4) is 0 Å². The van der Waals surface area contributed by atoms with Crippen molar-refractivity contribution < 1.29 is 0 Å². The summed E-state index contributed by atoms with van der Waals surface area (Å²) < 4.78 is 1.17. The Labute approximate surface area is 92.4 Å². The Morgan fingerprint density at radius 1 is 1.36 bits per heavy atom. The number of nitrogens with zero attached hydrogens (tertiary/aromatic N) is 1. The van der Waals surface area contributed by atoms with Crippen LogP contribution < -0.4 is 10.2 Å². The third-order valence-electron chi connectivity index (χ3n) is 3.26. The molecule has 2 aliphatic rings. The molecule has 2 fully saturated rings. The molecule has 0 aromatic heterocycles. The van der Waals surface area contributed by atoms with Gasteiger partial charge in [0, 0.05) is 41.8 Å². The first kappa shape index (κ1) is 8.74. The van der Waals surface area contributed by atoms with Gasteiger partial charge in [-0.15, -0.1) is 0 Å². The first-order chi connectivity index (χ1) is 6.83. The van der Waals surface area contributed by atoms with Gasteiger partial charge in [-0.1, -0.05) is 22.0 Å². The number of rotatable bonds is 1. The number of nitrogens with one attached hydrogen (secondary N) is 1. The van der Waals surface area contributed by atoms with E-state index in [0.29, 0.717) is 0 Å². The fourth-order valence-corrected chi connectivity index (χ4v) is 2.72. The predicted molar refractivity (Wildman–Crippen MR) is 61.6 cm³/mol. The second-order valence-electron chi connectivity index (χ2n) is 4.16. The van der Waals surface area contributed by atoms with Crippen molar-refractivity contribution in [1.29, 1.82) is 0 Å². The zero-order valence-electron chi connectivity index (χ0n) is 7.91. The number of fused-ring (bicyclic) bond motifs is 1. The van der Waals surface area contributed by atoms with E-state index < -0.39 is 0 Å². The van der Waals surface area contributed by atoms with Gasteiger partial charge < -0.3 is 10.2 Å². The van der Waals surface area contributed by atoms with Gasteiger partial charge in [-0.05, 0) is 18.2 Å². The summed E-state index contributed by atoms with van der Waals surface area (Å²) in [6, 6.07) is 9.31. The number of anilines is 1. The molecule has 0 bridgehead atoms. The summed E-state index contributed by atoms with van der Waals surface area (Å²) in [6.45, 7) is 3.59. The highest BCUT2D eigenvalue weighted by atomic mass is 79.9. The van der Waals surface area contributed by atoms with Gasteiger partial charge in [-0.3, -0.25) is 0 Å². The largest absolute Gasteiger partial charge is 0.370 e. The Hall–Kier alpha value is -0.540. The van der Waals surface area contributed by atoms with Crippen LogP contribution in [-0.4, -0.2) is 25.7 Å². The summed E-state index contributed by atoms with van der Waals surface area (Å²) >= 11 is 3.51. The Morgan fingerprint density at radius 3 is 2.86 bits per heavy atom. The molecule has 74 valence electrons. The summed E-state index contributed by atoms with van der Waals surface area (Å²) in [5.74, 6) is 0.883. The highest BCUT2D eigenvalue weighted by molar-refractivity contribution is 9.10. The van der Waals surface area contributed by atoms with Gasteiger partial charge in [-0.2, -0.15) is 0 Å². The average molecular weight is 253 g/mol. The molecule has 14 heavy (non-hydrogen) atoms. The van der Waals surface area contributed by atoms with Gasteiger partial charge in [0.15, 0.2) is 0 Å². The molecule has 1 aromatic rings. The zero-order chi connectivity index (χ0) is 9.54. The van der Waals surface area contributed by atoms with Crippen LogP contribution >= 0.6 is 15.9 Å². The third-order valence-corrected chi connectivity index (χ3v) is 3.75. The molecule has 2 aliphatic heterocycles. The maximum Gasteiger partial charge on any atom is 0.0378 e. The van der Waals surface area contributed by atoms with Crippen LogP contribution in [0.1, 0.15) is 0 Å². The Bertz CT molecular complexity index is 341. The van der Waals surface area contributed by atoms with Crippen molar-refractivity contribution in [2.75, 3.05) is 24.5 Å². The number of halogens is 1. The van der Waals surface area contributed by atoms with E-state index in [-0.39, 0.29) is 0 Å². The minimum absolute atomic E-state index is 0.744. The van der Waals surface area contributed by atoms with E-state index in [1.807, 2.05) is 0 Å². The summed E-state index contributed by atoms with van der Waals surface area (Å²) in [5, 5.41) is 3.47. The van der Waals surface area contributed by atoms with Gasteiger partial charge in [-0.25, -0.2) is 0 Å². The lowest BCUT2D eigenvalue weighted by Crippen LogP contribution is -2.51. The van der Waals surface area contributed by atoms with E-state index in [1.54, 1.807) is 0 Å². The molecular formula is C11H13BrN2. The molecule has 0 saturated carbocycles. The quantitative estimate of drug-likeness (QED) is 0.821. The van der Waals surface area contributed by atoms with Gasteiger partial charge in [0.1, 0.15) is 0 Å². The van der Waals surface area contributed by atoms with E-state index in [2.05, 4.69) is 50.4 Å². The molecule has 1 aromatic carbocycles. The highest BCUT2D eigenvalue weighted by Gasteiger charge is 2.38. The maximum atomic E-state index is 3.51. The Morgan fingerprint density at radius 2 is 2.29 bits per heavy atom. The summed E-state index contributed by atoms with van der Waals surface area (Å²) in [6.07, 6.45) is 0. The first-order valence-corrected chi connectivity index (χ1v) is 5.86. The predicted octanol–water partition coefficient (Wildman–Crippen LogP) is 1.86. The normalized spacial score (nSPS) is 29.9. The molecule has 2 nitrogen and oxygen atoms in total. The van der Waals surface area contributed by atoms with Gasteiger partial charge in [0.05, 0.1) is 0 Å². The standard InChI is InChI=1S/C11H13BrN2/c12-9-2-1-3-10(4-9)14-6-8-5-13-11(8)7-14/h1-4,8,11,13H,5-7H2. The molecule has 3 heteroatoms. The molecule has 0 amide bonds. The topological polar surface area (TPSA) is 15.3 Å². The van der Waals surface area contributed by atoms with Gasteiger partial charge in [0.25, 0.3) is 0 Å². The number of benzene rings is 1. The van der Waals surface area contributed by atoms with E-state index >= 15 is 0 Å². The van der Waals surface area contributed by atoms with Crippen molar-refractivity contribution in [3.8, 4) is 0 Å². The molecule has 2 unspecified atom stereocenters. The third kappa shape index (κ3) is 1.35.